The highest BCUT2D eigenvalue weighted by Gasteiger charge is 2.53. The number of phenolic OH excluding ortho intramolecular Hbond substituents is 1. The second kappa shape index (κ2) is 17.3. The van der Waals surface area contributed by atoms with Crippen LogP contribution in [0.5, 0.6) is 11.5 Å². The fraction of sp³-hybridized carbons (Fsp3) is 0.444. The van der Waals surface area contributed by atoms with Gasteiger partial charge in [-0.05, 0) is 79.8 Å². The Hall–Kier alpha value is -5.52. The Balaban J connectivity index is 0.916. The second-order valence-electron chi connectivity index (χ2n) is 17.5. The number of aromatic nitrogens is 3. The lowest BCUT2D eigenvalue weighted by molar-refractivity contribution is -0.145. The molecule has 62 heavy (non-hydrogen) atoms. The van der Waals surface area contributed by atoms with Gasteiger partial charge in [-0.25, -0.2) is 9.37 Å². The molecule has 2 aromatic carbocycles. The molecule has 8 rings (SSSR count). The van der Waals surface area contributed by atoms with Crippen LogP contribution in [0.2, 0.25) is 0 Å². The minimum Gasteiger partial charge on any atom is -0.507 e. The second-order valence-corrected chi connectivity index (χ2v) is 19.5. The number of likely N-dealkylation sites (tertiary alicyclic amines) is 2. The molecule has 17 heteroatoms. The van der Waals surface area contributed by atoms with Gasteiger partial charge in [0.1, 0.15) is 29.1 Å². The SMILES string of the molecule is Cc1ncsc1-c1ccc(CNC(=O)[C@@H]2C[C@@H](O)CN2C(=O)[C@@H](NC(=O)C2(F)CC2)C(C)(C)C)c(OCC(=O)N2CCC(c3cc4nnc(-c5ccccc5O)cc4s3)CC2)c1. The molecule has 1 saturated carbocycles. The molecule has 4 N–H and O–H groups in total. The summed E-state index contributed by atoms with van der Waals surface area (Å²) in [6.45, 7) is 7.93. The number of aryl methyl sites for hydroxylation is 1. The predicted octanol–water partition coefficient (Wildman–Crippen LogP) is 5.89. The van der Waals surface area contributed by atoms with E-state index in [1.807, 2.05) is 43.3 Å². The predicted molar refractivity (Wildman–Crippen MR) is 233 cm³/mol. The number of carbonyl (C=O) groups excluding carboxylic acids is 4. The smallest absolute Gasteiger partial charge is 0.260 e. The number of benzene rings is 2. The van der Waals surface area contributed by atoms with E-state index in [4.69, 9.17) is 4.74 Å². The molecule has 3 fully saturated rings. The average Bonchev–Trinajstić information content (AvgIpc) is 3.53. The van der Waals surface area contributed by atoms with E-state index in [0.29, 0.717) is 35.7 Å². The first-order chi connectivity index (χ1) is 29.6. The van der Waals surface area contributed by atoms with E-state index < -0.39 is 47.0 Å². The Morgan fingerprint density at radius 3 is 2.50 bits per heavy atom. The van der Waals surface area contributed by atoms with Crippen LogP contribution in [-0.2, 0) is 25.7 Å². The molecule has 0 unspecified atom stereocenters. The third-order valence-corrected chi connectivity index (χ3v) is 14.2. The van der Waals surface area contributed by atoms with Crippen molar-refractivity contribution in [1.82, 2.24) is 35.6 Å². The van der Waals surface area contributed by atoms with Crippen molar-refractivity contribution in [1.29, 1.82) is 0 Å². The van der Waals surface area contributed by atoms with E-state index in [0.717, 1.165) is 39.2 Å². The van der Waals surface area contributed by atoms with Crippen molar-refractivity contribution in [2.75, 3.05) is 26.2 Å². The van der Waals surface area contributed by atoms with Crippen molar-refractivity contribution in [2.45, 2.75) is 96.1 Å². The molecular formula is C45H50FN7O7S2. The highest BCUT2D eigenvalue weighted by atomic mass is 32.1. The highest BCUT2D eigenvalue weighted by molar-refractivity contribution is 7.19. The Kier molecular flexibility index (Phi) is 12.1. The quantitative estimate of drug-likeness (QED) is 0.118. The molecule has 326 valence electrons. The van der Waals surface area contributed by atoms with Crippen molar-refractivity contribution >= 4 is 56.5 Å². The largest absolute Gasteiger partial charge is 0.507 e. The molecular weight excluding hydrogens is 834 g/mol. The summed E-state index contributed by atoms with van der Waals surface area (Å²) >= 11 is 3.13. The Bertz CT molecular complexity index is 2510. The van der Waals surface area contributed by atoms with E-state index >= 15 is 0 Å². The highest BCUT2D eigenvalue weighted by Crippen LogP contribution is 2.41. The van der Waals surface area contributed by atoms with Gasteiger partial charge in [0.05, 0.1) is 32.6 Å². The van der Waals surface area contributed by atoms with Crippen LogP contribution in [-0.4, -0.2) is 109 Å². The molecule has 0 radical (unpaired) electrons. The zero-order valence-corrected chi connectivity index (χ0v) is 36.7. The zero-order chi connectivity index (χ0) is 43.9. The van der Waals surface area contributed by atoms with Crippen LogP contribution in [0.15, 0.2) is 60.1 Å². The van der Waals surface area contributed by atoms with Crippen molar-refractivity contribution in [3.63, 3.8) is 0 Å². The fourth-order valence-electron chi connectivity index (χ4n) is 8.10. The number of piperidine rings is 1. The van der Waals surface area contributed by atoms with Crippen LogP contribution in [0.25, 0.3) is 31.9 Å². The average molecular weight is 884 g/mol. The number of carbonyl (C=O) groups is 4. The fourth-order valence-corrected chi connectivity index (χ4v) is 10.1. The lowest BCUT2D eigenvalue weighted by atomic mass is 9.85. The van der Waals surface area contributed by atoms with Gasteiger partial charge >= 0.3 is 0 Å². The van der Waals surface area contributed by atoms with E-state index in [1.54, 1.807) is 54.7 Å². The summed E-state index contributed by atoms with van der Waals surface area (Å²) in [4.78, 5) is 63.6. The molecule has 3 atom stereocenters. The van der Waals surface area contributed by atoms with Crippen LogP contribution < -0.4 is 15.4 Å². The third-order valence-electron chi connectivity index (χ3n) is 12.0. The summed E-state index contributed by atoms with van der Waals surface area (Å²) in [5.41, 5.74) is 3.28. The number of fused-ring (bicyclic) bond motifs is 1. The summed E-state index contributed by atoms with van der Waals surface area (Å²) in [6, 6.07) is 14.5. The summed E-state index contributed by atoms with van der Waals surface area (Å²) in [6.07, 6.45) is 0.747. The molecule has 5 aromatic rings. The Morgan fingerprint density at radius 1 is 1.05 bits per heavy atom. The number of thiazole rings is 1. The molecule has 3 aliphatic rings. The number of para-hydroxylation sites is 1. The maximum Gasteiger partial charge on any atom is 0.260 e. The number of thiophene rings is 1. The van der Waals surface area contributed by atoms with Crippen LogP contribution in [0.3, 0.4) is 0 Å². The number of β-amino-alcohol motifs (C(OH)–C–C–N with tert-alkyl or cyclic N) is 1. The summed E-state index contributed by atoms with van der Waals surface area (Å²) in [5, 5.41) is 35.2. The van der Waals surface area contributed by atoms with E-state index in [-0.39, 0.29) is 56.5 Å². The normalized spacial score (nSPS) is 19.3. The van der Waals surface area contributed by atoms with Crippen molar-refractivity contribution in [2.24, 2.45) is 5.41 Å². The monoisotopic (exact) mass is 883 g/mol. The number of halogens is 1. The Labute approximate surface area is 366 Å². The molecule has 2 saturated heterocycles. The van der Waals surface area contributed by atoms with E-state index in [2.05, 4.69) is 31.9 Å². The Morgan fingerprint density at radius 2 is 1.81 bits per heavy atom. The molecule has 0 spiro atoms. The molecule has 0 bridgehead atoms. The standard InChI is InChI=1S/C45H50FN7O7S2/c1-25-39(61-24-48-25)27-9-10-28(21-47-41(57)33-18-29(54)22-53(33)42(58)40(44(2,3)4)49-43(59)45(46)13-14-45)35(17-27)60-23-38(56)52-15-11-26(12-16-52)36-20-32-37(62-36)19-31(50-51-32)30-7-5-6-8-34(30)55/h5-10,17,19-20,24,26,29,33,40,54-55H,11-16,18,21-23H2,1-4H3,(H,47,57)(H,49,59)/t29-,33+,40-/m1/s1. The number of aliphatic hydroxyl groups excluding tert-OH is 1. The van der Waals surface area contributed by atoms with Crippen molar-refractivity contribution in [3.8, 4) is 33.2 Å². The molecule has 4 amide bonds. The zero-order valence-electron chi connectivity index (χ0n) is 35.0. The van der Waals surface area contributed by atoms with Gasteiger partial charge < -0.3 is 35.4 Å². The number of phenols is 1. The first kappa shape index (κ1) is 43.1. The molecule has 5 heterocycles. The van der Waals surface area contributed by atoms with Gasteiger partial charge in [-0.3, -0.25) is 19.2 Å². The van der Waals surface area contributed by atoms with Gasteiger partial charge in [0.25, 0.3) is 11.8 Å². The summed E-state index contributed by atoms with van der Waals surface area (Å²) in [5.74, 6) is -1.28. The van der Waals surface area contributed by atoms with Gasteiger partial charge in [-0.15, -0.1) is 32.9 Å². The maximum atomic E-state index is 14.6. The van der Waals surface area contributed by atoms with Gasteiger partial charge in [0, 0.05) is 48.6 Å². The number of hydrogen-bond acceptors (Lipinski definition) is 12. The van der Waals surface area contributed by atoms with Gasteiger partial charge in [0.2, 0.25) is 11.8 Å². The maximum absolute atomic E-state index is 14.6. The van der Waals surface area contributed by atoms with Crippen molar-refractivity contribution < 1.29 is 38.5 Å². The first-order valence-corrected chi connectivity index (χ1v) is 22.5. The number of aromatic hydroxyl groups is 1. The van der Waals surface area contributed by atoms with Crippen molar-refractivity contribution in [3.05, 3.63) is 76.2 Å². The lowest BCUT2D eigenvalue weighted by Gasteiger charge is -2.35. The first-order valence-electron chi connectivity index (χ1n) is 20.8. The number of amides is 4. The molecule has 3 aromatic heterocycles. The number of alkyl halides is 1. The minimum absolute atomic E-state index is 0.00167. The van der Waals surface area contributed by atoms with Crippen LogP contribution in [0, 0.1) is 12.3 Å². The molecule has 14 nitrogen and oxygen atoms in total. The topological polar surface area (TPSA) is 187 Å². The van der Waals surface area contributed by atoms with Crippen LogP contribution in [0.1, 0.15) is 74.9 Å². The number of hydrogen-bond donors (Lipinski definition) is 4. The minimum atomic E-state index is -1.99. The third kappa shape index (κ3) is 9.15. The number of ether oxygens (including phenoxy) is 1. The number of nitrogens with one attached hydrogen (secondary N) is 2. The molecule has 1 aliphatic carbocycles. The number of rotatable bonds is 12. The summed E-state index contributed by atoms with van der Waals surface area (Å²) < 4.78 is 21.9. The van der Waals surface area contributed by atoms with Crippen LogP contribution in [0.4, 0.5) is 4.39 Å². The summed E-state index contributed by atoms with van der Waals surface area (Å²) in [7, 11) is 0. The molecule has 2 aliphatic heterocycles. The van der Waals surface area contributed by atoms with E-state index in [1.165, 1.54) is 21.1 Å². The van der Waals surface area contributed by atoms with Gasteiger partial charge in [-0.1, -0.05) is 45.0 Å². The van der Waals surface area contributed by atoms with E-state index in [9.17, 15) is 33.8 Å². The van der Waals surface area contributed by atoms with Gasteiger partial charge in [0.15, 0.2) is 12.3 Å². The van der Waals surface area contributed by atoms with Gasteiger partial charge in [-0.2, -0.15) is 0 Å². The number of aliphatic hydroxyl groups is 1. The number of nitrogens with zero attached hydrogens (tertiary/aromatic N) is 5. The lowest BCUT2D eigenvalue weighted by Crippen LogP contribution is -2.59. The van der Waals surface area contributed by atoms with Crippen LogP contribution >= 0.6 is 22.7 Å².